The number of pyridine rings is 1. The van der Waals surface area contributed by atoms with Crippen LogP contribution in [0.5, 0.6) is 5.75 Å². The molecule has 2 aromatic carbocycles. The van der Waals surface area contributed by atoms with Gasteiger partial charge >= 0.3 is 0 Å². The maximum absolute atomic E-state index is 13.7. The third kappa shape index (κ3) is 4.01. The highest BCUT2D eigenvalue weighted by molar-refractivity contribution is 5.94. The lowest BCUT2D eigenvalue weighted by atomic mass is 10.1. The summed E-state index contributed by atoms with van der Waals surface area (Å²) < 4.78 is 21.4. The number of carbonyl (C=O) groups excluding carboxylic acids is 1. The molecule has 0 aliphatic heterocycles. The molecule has 0 atom stereocenters. The molecule has 0 saturated carbocycles. The Labute approximate surface area is 161 Å². The lowest BCUT2D eigenvalue weighted by molar-refractivity contribution is 0.0950. The molecule has 0 bridgehead atoms. The number of carbonyl (C=O) groups is 1. The highest BCUT2D eigenvalue weighted by Crippen LogP contribution is 2.16. The van der Waals surface area contributed by atoms with Crippen LogP contribution in [0, 0.1) is 5.82 Å². The summed E-state index contributed by atoms with van der Waals surface area (Å²) in [4.78, 5) is 16.8. The Morgan fingerprint density at radius 1 is 1.07 bits per heavy atom. The number of benzene rings is 2. The molecule has 4 rings (SSSR count). The number of ether oxygens (including phenoxy) is 1. The summed E-state index contributed by atoms with van der Waals surface area (Å²) in [6.45, 7) is 0.416. The number of imidazole rings is 1. The summed E-state index contributed by atoms with van der Waals surface area (Å²) in [5.41, 5.74) is 2.53. The van der Waals surface area contributed by atoms with Crippen LogP contribution >= 0.6 is 0 Å². The second-order valence-electron chi connectivity index (χ2n) is 6.29. The van der Waals surface area contributed by atoms with Gasteiger partial charge in [0.05, 0.1) is 5.69 Å². The summed E-state index contributed by atoms with van der Waals surface area (Å²) in [7, 11) is 0. The third-order valence-electron chi connectivity index (χ3n) is 4.29. The molecule has 0 fully saturated rings. The van der Waals surface area contributed by atoms with Gasteiger partial charge in [0.1, 0.15) is 23.8 Å². The Morgan fingerprint density at radius 3 is 2.79 bits per heavy atom. The zero-order valence-corrected chi connectivity index (χ0v) is 15.0. The molecule has 0 aliphatic carbocycles. The lowest BCUT2D eigenvalue weighted by Crippen LogP contribution is -2.23. The van der Waals surface area contributed by atoms with Crippen molar-refractivity contribution in [3.8, 4) is 5.75 Å². The summed E-state index contributed by atoms with van der Waals surface area (Å²) in [6.07, 6.45) is 3.83. The fraction of sp³-hybridized carbons (Fsp3) is 0.0909. The molecule has 0 aliphatic rings. The van der Waals surface area contributed by atoms with E-state index < -0.39 is 0 Å². The highest BCUT2D eigenvalue weighted by atomic mass is 19.1. The smallest absolute Gasteiger partial charge is 0.251 e. The number of rotatable bonds is 6. The van der Waals surface area contributed by atoms with Crippen LogP contribution in [0.25, 0.3) is 5.65 Å². The molecule has 4 aromatic rings. The van der Waals surface area contributed by atoms with E-state index in [1.807, 2.05) is 35.0 Å². The highest BCUT2D eigenvalue weighted by Gasteiger charge is 2.09. The van der Waals surface area contributed by atoms with Gasteiger partial charge in [0.25, 0.3) is 5.91 Å². The van der Waals surface area contributed by atoms with Crippen LogP contribution in [0.3, 0.4) is 0 Å². The monoisotopic (exact) mass is 375 g/mol. The number of aromatic nitrogens is 2. The van der Waals surface area contributed by atoms with Crippen LogP contribution in [0.2, 0.25) is 0 Å². The number of amides is 1. The van der Waals surface area contributed by atoms with E-state index in [1.165, 1.54) is 6.07 Å². The molecule has 6 heteroatoms. The number of nitrogens with one attached hydrogen (secondary N) is 1. The van der Waals surface area contributed by atoms with E-state index in [0.717, 1.165) is 11.3 Å². The molecule has 0 saturated heterocycles. The zero-order chi connectivity index (χ0) is 19.3. The molecule has 0 unspecified atom stereocenters. The zero-order valence-electron chi connectivity index (χ0n) is 15.0. The van der Waals surface area contributed by atoms with Crippen molar-refractivity contribution in [2.24, 2.45) is 0 Å². The molecule has 2 aromatic heterocycles. The van der Waals surface area contributed by atoms with E-state index in [1.54, 1.807) is 42.5 Å². The lowest BCUT2D eigenvalue weighted by Gasteiger charge is -2.08. The van der Waals surface area contributed by atoms with E-state index in [4.69, 9.17) is 4.74 Å². The number of nitrogens with zero attached hydrogens (tertiary/aromatic N) is 2. The third-order valence-corrected chi connectivity index (χ3v) is 4.29. The first-order valence-electron chi connectivity index (χ1n) is 8.86. The first kappa shape index (κ1) is 17.7. The van der Waals surface area contributed by atoms with Gasteiger partial charge in [0.15, 0.2) is 0 Å². The minimum Gasteiger partial charge on any atom is -0.487 e. The fourth-order valence-corrected chi connectivity index (χ4v) is 2.86. The van der Waals surface area contributed by atoms with Gasteiger partial charge in [-0.1, -0.05) is 30.3 Å². The van der Waals surface area contributed by atoms with E-state index >= 15 is 0 Å². The molecule has 0 radical (unpaired) electrons. The van der Waals surface area contributed by atoms with Crippen molar-refractivity contribution >= 4 is 11.6 Å². The minimum absolute atomic E-state index is 0.123. The predicted octanol–water partition coefficient (Wildman–Crippen LogP) is 3.98. The molecular weight excluding hydrogens is 357 g/mol. The normalized spacial score (nSPS) is 10.8. The summed E-state index contributed by atoms with van der Waals surface area (Å²) in [5, 5.41) is 2.72. The number of halogens is 1. The SMILES string of the molecule is O=C(NCc1ccccc1F)c1cccc(OCc2cn3ccccc3n2)c1. The number of fused-ring (bicyclic) bond motifs is 1. The molecule has 140 valence electrons. The maximum atomic E-state index is 13.7. The van der Waals surface area contributed by atoms with Crippen molar-refractivity contribution in [3.63, 3.8) is 0 Å². The van der Waals surface area contributed by atoms with Gasteiger partial charge < -0.3 is 14.5 Å². The Kier molecular flexibility index (Phi) is 5.01. The van der Waals surface area contributed by atoms with E-state index in [0.29, 0.717) is 23.5 Å². The van der Waals surface area contributed by atoms with Crippen LogP contribution in [-0.2, 0) is 13.2 Å². The average molecular weight is 375 g/mol. The molecule has 1 amide bonds. The molecule has 0 spiro atoms. The van der Waals surface area contributed by atoms with Gasteiger partial charge in [-0.05, 0) is 36.4 Å². The Morgan fingerprint density at radius 2 is 1.93 bits per heavy atom. The summed E-state index contributed by atoms with van der Waals surface area (Å²) in [6, 6.07) is 19.0. The Balaban J connectivity index is 1.39. The van der Waals surface area contributed by atoms with Crippen LogP contribution in [0.15, 0.2) is 79.1 Å². The Bertz CT molecular complexity index is 1090. The van der Waals surface area contributed by atoms with Gasteiger partial charge in [-0.15, -0.1) is 0 Å². The first-order valence-corrected chi connectivity index (χ1v) is 8.86. The molecule has 1 N–H and O–H groups in total. The summed E-state index contributed by atoms with van der Waals surface area (Å²) in [5.74, 6) is -0.0654. The quantitative estimate of drug-likeness (QED) is 0.555. The van der Waals surface area contributed by atoms with Crippen molar-refractivity contribution in [1.82, 2.24) is 14.7 Å². The summed E-state index contributed by atoms with van der Waals surface area (Å²) >= 11 is 0. The standard InChI is InChI=1S/C22H18FN3O2/c23-20-9-2-1-6-17(20)13-24-22(27)16-7-5-8-19(12-16)28-15-18-14-26-11-4-3-10-21(26)25-18/h1-12,14H,13,15H2,(H,24,27). The van der Waals surface area contributed by atoms with Crippen LogP contribution in [0.4, 0.5) is 4.39 Å². The van der Waals surface area contributed by atoms with Gasteiger partial charge in [-0.2, -0.15) is 0 Å². The van der Waals surface area contributed by atoms with Crippen LogP contribution < -0.4 is 10.1 Å². The average Bonchev–Trinajstić information content (AvgIpc) is 3.15. The van der Waals surface area contributed by atoms with Gasteiger partial charge in [-0.25, -0.2) is 9.37 Å². The minimum atomic E-state index is -0.340. The molecular formula is C22H18FN3O2. The van der Waals surface area contributed by atoms with Crippen molar-refractivity contribution < 1.29 is 13.9 Å². The van der Waals surface area contributed by atoms with Crippen molar-refractivity contribution in [1.29, 1.82) is 0 Å². The van der Waals surface area contributed by atoms with Crippen molar-refractivity contribution in [2.75, 3.05) is 0 Å². The van der Waals surface area contributed by atoms with E-state index in [-0.39, 0.29) is 18.3 Å². The predicted molar refractivity (Wildman–Crippen MR) is 104 cm³/mol. The maximum Gasteiger partial charge on any atom is 0.251 e. The van der Waals surface area contributed by atoms with Gasteiger partial charge in [-0.3, -0.25) is 4.79 Å². The second kappa shape index (κ2) is 7.92. The number of hydrogen-bond acceptors (Lipinski definition) is 3. The first-order chi connectivity index (χ1) is 13.7. The fourth-order valence-electron chi connectivity index (χ4n) is 2.86. The Hall–Kier alpha value is -3.67. The topological polar surface area (TPSA) is 55.6 Å². The van der Waals surface area contributed by atoms with Crippen LogP contribution in [0.1, 0.15) is 21.6 Å². The molecule has 2 heterocycles. The van der Waals surface area contributed by atoms with Gasteiger partial charge in [0.2, 0.25) is 0 Å². The van der Waals surface area contributed by atoms with E-state index in [9.17, 15) is 9.18 Å². The van der Waals surface area contributed by atoms with Gasteiger partial charge in [0, 0.05) is 30.1 Å². The van der Waals surface area contributed by atoms with Crippen molar-refractivity contribution in [3.05, 3.63) is 102 Å². The number of hydrogen-bond donors (Lipinski definition) is 1. The van der Waals surface area contributed by atoms with E-state index in [2.05, 4.69) is 10.3 Å². The largest absolute Gasteiger partial charge is 0.487 e. The second-order valence-corrected chi connectivity index (χ2v) is 6.29. The molecule has 28 heavy (non-hydrogen) atoms. The molecule has 5 nitrogen and oxygen atoms in total. The van der Waals surface area contributed by atoms with Crippen LogP contribution in [-0.4, -0.2) is 15.3 Å². The van der Waals surface area contributed by atoms with Crippen molar-refractivity contribution in [2.45, 2.75) is 13.2 Å².